The van der Waals surface area contributed by atoms with Crippen molar-refractivity contribution in [2.24, 2.45) is 0 Å². The van der Waals surface area contributed by atoms with Gasteiger partial charge in [0.2, 0.25) is 0 Å². The van der Waals surface area contributed by atoms with Crippen LogP contribution in [-0.4, -0.2) is 11.0 Å². The predicted molar refractivity (Wildman–Crippen MR) is 60.5 cm³/mol. The summed E-state index contributed by atoms with van der Waals surface area (Å²) < 4.78 is 0. The van der Waals surface area contributed by atoms with Gasteiger partial charge in [0.05, 0.1) is 6.07 Å². The van der Waals surface area contributed by atoms with Crippen LogP contribution in [0.5, 0.6) is 0 Å². The van der Waals surface area contributed by atoms with Gasteiger partial charge in [-0.2, -0.15) is 5.26 Å². The van der Waals surface area contributed by atoms with Crippen LogP contribution in [0.1, 0.15) is 43.2 Å². The highest BCUT2D eigenvalue weighted by Crippen LogP contribution is 2.22. The number of thiazole rings is 1. The lowest BCUT2D eigenvalue weighted by molar-refractivity contribution is 0.359. The second kappa shape index (κ2) is 5.24. The number of hydrogen-bond donors (Lipinski definition) is 1. The van der Waals surface area contributed by atoms with Crippen LogP contribution in [0.4, 0.5) is 0 Å². The van der Waals surface area contributed by atoms with Crippen LogP contribution < -0.4 is 5.32 Å². The number of hydrogen-bond acceptors (Lipinski definition) is 4. The topological polar surface area (TPSA) is 48.7 Å². The molecule has 15 heavy (non-hydrogen) atoms. The van der Waals surface area contributed by atoms with E-state index in [1.807, 2.05) is 5.38 Å². The average molecular weight is 221 g/mol. The minimum atomic E-state index is -0.215. The minimum absolute atomic E-state index is 0.215. The fourth-order valence-corrected chi connectivity index (χ4v) is 2.69. The van der Waals surface area contributed by atoms with Gasteiger partial charge in [0, 0.05) is 17.6 Å². The third-order valence-corrected chi connectivity index (χ3v) is 3.68. The molecule has 0 amide bonds. The van der Waals surface area contributed by atoms with Gasteiger partial charge in [-0.1, -0.05) is 19.3 Å². The zero-order valence-corrected chi connectivity index (χ0v) is 9.46. The van der Waals surface area contributed by atoms with E-state index in [2.05, 4.69) is 16.4 Å². The Morgan fingerprint density at radius 2 is 2.27 bits per heavy atom. The van der Waals surface area contributed by atoms with Crippen molar-refractivity contribution >= 4 is 11.3 Å². The molecule has 1 aliphatic rings. The fraction of sp³-hybridized carbons (Fsp3) is 0.636. The fourth-order valence-electron chi connectivity index (χ4n) is 2.05. The third-order valence-electron chi connectivity index (χ3n) is 2.84. The van der Waals surface area contributed by atoms with E-state index >= 15 is 0 Å². The van der Waals surface area contributed by atoms with Crippen LogP contribution >= 0.6 is 11.3 Å². The molecular weight excluding hydrogens is 206 g/mol. The Kier molecular flexibility index (Phi) is 3.70. The van der Waals surface area contributed by atoms with Gasteiger partial charge in [-0.15, -0.1) is 11.3 Å². The summed E-state index contributed by atoms with van der Waals surface area (Å²) in [5, 5.41) is 15.3. The predicted octanol–water partition coefficient (Wildman–Crippen LogP) is 2.63. The van der Waals surface area contributed by atoms with Crippen molar-refractivity contribution in [3.05, 3.63) is 16.6 Å². The standard InChI is InChI=1S/C11H15N3S/c12-8-10(11-13-6-7-15-11)14-9-4-2-1-3-5-9/h6-7,9-10,14H,1-5H2. The molecule has 1 N–H and O–H groups in total. The van der Waals surface area contributed by atoms with Crippen LogP contribution in [0.15, 0.2) is 11.6 Å². The summed E-state index contributed by atoms with van der Waals surface area (Å²) in [5.41, 5.74) is 0. The average Bonchev–Trinajstić information content (AvgIpc) is 2.81. The van der Waals surface area contributed by atoms with Crippen LogP contribution in [0.2, 0.25) is 0 Å². The highest BCUT2D eigenvalue weighted by Gasteiger charge is 2.19. The first-order chi connectivity index (χ1) is 7.40. The minimum Gasteiger partial charge on any atom is -0.293 e. The number of nitriles is 1. The molecule has 1 saturated carbocycles. The Morgan fingerprint density at radius 3 is 2.87 bits per heavy atom. The summed E-state index contributed by atoms with van der Waals surface area (Å²) in [6, 6.07) is 2.58. The van der Waals surface area contributed by atoms with E-state index in [0.29, 0.717) is 6.04 Å². The summed E-state index contributed by atoms with van der Waals surface area (Å²) in [7, 11) is 0. The van der Waals surface area contributed by atoms with Gasteiger partial charge in [0.25, 0.3) is 0 Å². The van der Waals surface area contributed by atoms with Gasteiger partial charge in [-0.05, 0) is 12.8 Å². The molecule has 0 radical (unpaired) electrons. The van der Waals surface area contributed by atoms with Crippen molar-refractivity contribution in [1.82, 2.24) is 10.3 Å². The Morgan fingerprint density at radius 1 is 1.47 bits per heavy atom. The molecule has 1 aromatic rings. The summed E-state index contributed by atoms with van der Waals surface area (Å²) in [6.07, 6.45) is 8.06. The number of rotatable bonds is 3. The van der Waals surface area contributed by atoms with Crippen molar-refractivity contribution in [2.45, 2.75) is 44.2 Å². The highest BCUT2D eigenvalue weighted by molar-refractivity contribution is 7.09. The number of nitrogens with zero attached hydrogens (tertiary/aromatic N) is 2. The lowest BCUT2D eigenvalue weighted by Crippen LogP contribution is -2.33. The van der Waals surface area contributed by atoms with Crippen LogP contribution in [-0.2, 0) is 0 Å². The van der Waals surface area contributed by atoms with Gasteiger partial charge >= 0.3 is 0 Å². The monoisotopic (exact) mass is 221 g/mol. The van der Waals surface area contributed by atoms with Gasteiger partial charge in [-0.3, -0.25) is 5.32 Å². The third kappa shape index (κ3) is 2.77. The normalized spacial score (nSPS) is 19.7. The molecule has 4 heteroatoms. The molecule has 1 fully saturated rings. The molecule has 1 aromatic heterocycles. The van der Waals surface area contributed by atoms with Crippen molar-refractivity contribution in [2.75, 3.05) is 0 Å². The zero-order chi connectivity index (χ0) is 10.5. The Balaban J connectivity index is 1.94. The number of aromatic nitrogens is 1. The van der Waals surface area contributed by atoms with Gasteiger partial charge < -0.3 is 0 Å². The molecule has 1 aliphatic carbocycles. The molecule has 1 heterocycles. The van der Waals surface area contributed by atoms with Crippen molar-refractivity contribution < 1.29 is 0 Å². The summed E-state index contributed by atoms with van der Waals surface area (Å²) in [5.74, 6) is 0. The first kappa shape index (κ1) is 10.6. The van der Waals surface area contributed by atoms with E-state index in [9.17, 15) is 0 Å². The summed E-state index contributed by atoms with van der Waals surface area (Å²) in [4.78, 5) is 4.19. The van der Waals surface area contributed by atoms with Gasteiger partial charge in [-0.25, -0.2) is 4.98 Å². The van der Waals surface area contributed by atoms with E-state index in [0.717, 1.165) is 5.01 Å². The Bertz CT molecular complexity index is 322. The molecule has 3 nitrogen and oxygen atoms in total. The van der Waals surface area contributed by atoms with E-state index in [1.165, 1.54) is 32.1 Å². The van der Waals surface area contributed by atoms with E-state index in [-0.39, 0.29) is 6.04 Å². The first-order valence-corrected chi connectivity index (χ1v) is 6.33. The first-order valence-electron chi connectivity index (χ1n) is 5.45. The molecular formula is C11H15N3S. The van der Waals surface area contributed by atoms with E-state index in [1.54, 1.807) is 17.5 Å². The zero-order valence-electron chi connectivity index (χ0n) is 8.65. The molecule has 2 rings (SSSR count). The van der Waals surface area contributed by atoms with Gasteiger partial charge in [0.15, 0.2) is 0 Å². The number of nitrogens with one attached hydrogen (secondary N) is 1. The molecule has 80 valence electrons. The summed E-state index contributed by atoms with van der Waals surface area (Å²) in [6.45, 7) is 0. The smallest absolute Gasteiger partial charge is 0.148 e. The highest BCUT2D eigenvalue weighted by atomic mass is 32.1. The lowest BCUT2D eigenvalue weighted by Gasteiger charge is -2.24. The molecule has 0 aliphatic heterocycles. The quantitative estimate of drug-likeness (QED) is 0.853. The molecule has 0 aromatic carbocycles. The summed E-state index contributed by atoms with van der Waals surface area (Å²) >= 11 is 1.55. The molecule has 0 bridgehead atoms. The Hall–Kier alpha value is -0.920. The lowest BCUT2D eigenvalue weighted by atomic mass is 9.95. The molecule has 1 unspecified atom stereocenters. The van der Waals surface area contributed by atoms with E-state index in [4.69, 9.17) is 5.26 Å². The van der Waals surface area contributed by atoms with Crippen molar-refractivity contribution in [1.29, 1.82) is 5.26 Å². The maximum absolute atomic E-state index is 9.08. The van der Waals surface area contributed by atoms with Gasteiger partial charge in [0.1, 0.15) is 11.0 Å². The van der Waals surface area contributed by atoms with Crippen molar-refractivity contribution in [3.63, 3.8) is 0 Å². The molecule has 0 spiro atoms. The molecule has 0 saturated heterocycles. The van der Waals surface area contributed by atoms with Crippen LogP contribution in [0.25, 0.3) is 0 Å². The second-order valence-electron chi connectivity index (χ2n) is 3.93. The largest absolute Gasteiger partial charge is 0.293 e. The maximum Gasteiger partial charge on any atom is 0.148 e. The molecule has 1 atom stereocenters. The van der Waals surface area contributed by atoms with E-state index < -0.39 is 0 Å². The van der Waals surface area contributed by atoms with Crippen LogP contribution in [0, 0.1) is 11.3 Å². The second-order valence-corrected chi connectivity index (χ2v) is 4.86. The maximum atomic E-state index is 9.08. The van der Waals surface area contributed by atoms with Crippen LogP contribution in [0.3, 0.4) is 0 Å². The Labute approximate surface area is 94.1 Å². The SMILES string of the molecule is N#CC(NC1CCCCC1)c1nccs1. The van der Waals surface area contributed by atoms with Crippen molar-refractivity contribution in [3.8, 4) is 6.07 Å².